The van der Waals surface area contributed by atoms with Crippen molar-refractivity contribution in [3.05, 3.63) is 155 Å². The van der Waals surface area contributed by atoms with E-state index < -0.39 is 5.41 Å². The third-order valence-corrected chi connectivity index (χ3v) is 8.55. The number of nitrogens with zero attached hydrogens (tertiary/aromatic N) is 1. The third-order valence-electron chi connectivity index (χ3n) is 8.55. The molecule has 0 aliphatic heterocycles. The van der Waals surface area contributed by atoms with Crippen LogP contribution in [0.3, 0.4) is 0 Å². The number of aryl methyl sites for hydroxylation is 1. The van der Waals surface area contributed by atoms with E-state index in [0.717, 1.165) is 30.6 Å². The quantitative estimate of drug-likeness (QED) is 0.241. The van der Waals surface area contributed by atoms with Gasteiger partial charge in [0.1, 0.15) is 11.3 Å². The fourth-order valence-electron chi connectivity index (χ4n) is 6.91. The zero-order valence-corrected chi connectivity index (χ0v) is 21.6. The van der Waals surface area contributed by atoms with Gasteiger partial charge in [-0.25, -0.2) is 0 Å². The van der Waals surface area contributed by atoms with Crippen molar-refractivity contribution in [2.24, 2.45) is 0 Å². The van der Waals surface area contributed by atoms with Crippen molar-refractivity contribution in [3.63, 3.8) is 0 Å². The number of pyridine rings is 1. The summed E-state index contributed by atoms with van der Waals surface area (Å²) in [5.41, 5.74) is 11.7. The summed E-state index contributed by atoms with van der Waals surface area (Å²) in [5, 5.41) is 1.20. The van der Waals surface area contributed by atoms with Crippen molar-refractivity contribution in [2.45, 2.75) is 24.7 Å². The number of hydrogen-bond donors (Lipinski definition) is 0. The van der Waals surface area contributed by atoms with E-state index in [1.165, 1.54) is 55.5 Å². The lowest BCUT2D eigenvalue weighted by molar-refractivity contribution is 0.540. The number of rotatable bonds is 3. The second kappa shape index (κ2) is 8.68. The average Bonchev–Trinajstić information content (AvgIpc) is 3.40. The number of benzene rings is 4. The highest BCUT2D eigenvalue weighted by Gasteiger charge is 2.46. The highest BCUT2D eigenvalue weighted by Crippen LogP contribution is 2.58. The van der Waals surface area contributed by atoms with E-state index in [0.29, 0.717) is 0 Å². The molecule has 1 atom stereocenters. The lowest BCUT2D eigenvalue weighted by Crippen LogP contribution is -2.28. The summed E-state index contributed by atoms with van der Waals surface area (Å²) in [6, 6.07) is 37.5. The average molecular weight is 502 g/mol. The summed E-state index contributed by atoms with van der Waals surface area (Å²) in [6.45, 7) is 0. The lowest BCUT2D eigenvalue weighted by atomic mass is 9.68. The fourth-order valence-corrected chi connectivity index (χ4v) is 6.91. The summed E-state index contributed by atoms with van der Waals surface area (Å²) >= 11 is 0. The second-order valence-electron chi connectivity index (χ2n) is 10.6. The fraction of sp³-hybridized carbons (Fsp3) is 0.108. The van der Waals surface area contributed by atoms with Crippen LogP contribution in [0.5, 0.6) is 0 Å². The molecule has 0 saturated carbocycles. The third kappa shape index (κ3) is 3.18. The van der Waals surface area contributed by atoms with Gasteiger partial charge in [-0.1, -0.05) is 97.1 Å². The zero-order valence-electron chi connectivity index (χ0n) is 21.6. The van der Waals surface area contributed by atoms with Gasteiger partial charge in [-0.2, -0.15) is 0 Å². The Labute approximate surface area is 228 Å². The van der Waals surface area contributed by atoms with Crippen LogP contribution in [-0.2, 0) is 11.8 Å². The van der Waals surface area contributed by atoms with Crippen LogP contribution in [0.2, 0.25) is 0 Å². The molecule has 2 aliphatic carbocycles. The molecule has 2 heterocycles. The Morgan fingerprint density at radius 2 is 1.54 bits per heavy atom. The minimum absolute atomic E-state index is 0.450. The smallest absolute Gasteiger partial charge is 0.135 e. The molecule has 186 valence electrons. The molecule has 2 nitrogen and oxygen atoms in total. The molecule has 2 heteroatoms. The molecule has 0 N–H and O–H groups in total. The molecular weight excluding hydrogens is 474 g/mol. The lowest BCUT2D eigenvalue weighted by Gasteiger charge is -2.33. The highest BCUT2D eigenvalue weighted by atomic mass is 16.3. The van der Waals surface area contributed by atoms with Gasteiger partial charge in [0.2, 0.25) is 0 Å². The summed E-state index contributed by atoms with van der Waals surface area (Å²) in [5.74, 6) is 1.11. The minimum Gasteiger partial charge on any atom is -0.460 e. The first kappa shape index (κ1) is 22.3. The van der Waals surface area contributed by atoms with E-state index in [1.54, 1.807) is 0 Å². The SMILES string of the molecule is C1=Cc2c(oc3cc(-c4cccc5c4-c4ccccc4C5(c4ccccc4)c4cccnc4)ccc23)CCC1. The summed E-state index contributed by atoms with van der Waals surface area (Å²) < 4.78 is 6.44. The molecule has 0 radical (unpaired) electrons. The van der Waals surface area contributed by atoms with E-state index in [9.17, 15) is 0 Å². The normalized spacial score (nSPS) is 17.4. The maximum absolute atomic E-state index is 6.44. The zero-order chi connectivity index (χ0) is 25.8. The van der Waals surface area contributed by atoms with Crippen molar-refractivity contribution >= 4 is 17.0 Å². The van der Waals surface area contributed by atoms with Crippen LogP contribution in [-0.4, -0.2) is 4.98 Å². The maximum atomic E-state index is 6.44. The molecule has 4 aromatic carbocycles. The first-order valence-electron chi connectivity index (χ1n) is 13.8. The number of allylic oxidation sites excluding steroid dienone is 1. The molecular formula is C37H27NO. The largest absolute Gasteiger partial charge is 0.460 e. The van der Waals surface area contributed by atoms with Crippen LogP contribution in [0.1, 0.15) is 46.4 Å². The summed E-state index contributed by atoms with van der Waals surface area (Å²) in [6.07, 6.45) is 11.6. The molecule has 2 aliphatic rings. The van der Waals surface area contributed by atoms with Crippen LogP contribution in [0.25, 0.3) is 39.3 Å². The summed E-state index contributed by atoms with van der Waals surface area (Å²) in [4.78, 5) is 4.58. The Kier molecular flexibility index (Phi) is 4.96. The minimum atomic E-state index is -0.450. The van der Waals surface area contributed by atoms with E-state index in [4.69, 9.17) is 4.42 Å². The van der Waals surface area contributed by atoms with Gasteiger partial charge >= 0.3 is 0 Å². The predicted octanol–water partition coefficient (Wildman–Crippen LogP) is 9.21. The monoisotopic (exact) mass is 501 g/mol. The maximum Gasteiger partial charge on any atom is 0.135 e. The number of fused-ring (bicyclic) bond motifs is 6. The molecule has 0 saturated heterocycles. The molecule has 2 aromatic heterocycles. The van der Waals surface area contributed by atoms with Gasteiger partial charge in [0, 0.05) is 29.8 Å². The molecule has 0 fully saturated rings. The number of aromatic nitrogens is 1. The van der Waals surface area contributed by atoms with E-state index >= 15 is 0 Å². The standard InChI is InChI=1S/C37H27NO/c1-3-11-26(12-4-1)37(27-13-10-22-38-24-27)32-17-8-7-15-31(32)36-28(16-9-18-33(36)37)25-20-21-30-29-14-5-2-6-19-34(29)39-35(30)23-25/h1,3-5,7-18,20-24H,2,6,19H2. The Morgan fingerprint density at radius 3 is 2.44 bits per heavy atom. The van der Waals surface area contributed by atoms with Crippen molar-refractivity contribution in [2.75, 3.05) is 0 Å². The van der Waals surface area contributed by atoms with Gasteiger partial charge in [0.25, 0.3) is 0 Å². The predicted molar refractivity (Wildman–Crippen MR) is 159 cm³/mol. The van der Waals surface area contributed by atoms with Crippen molar-refractivity contribution in [3.8, 4) is 22.3 Å². The second-order valence-corrected chi connectivity index (χ2v) is 10.6. The van der Waals surface area contributed by atoms with E-state index in [1.807, 2.05) is 18.5 Å². The van der Waals surface area contributed by atoms with Crippen LogP contribution >= 0.6 is 0 Å². The number of hydrogen-bond acceptors (Lipinski definition) is 2. The Morgan fingerprint density at radius 1 is 0.718 bits per heavy atom. The highest BCUT2D eigenvalue weighted by molar-refractivity contribution is 5.98. The topological polar surface area (TPSA) is 26.0 Å². The van der Waals surface area contributed by atoms with Crippen LogP contribution in [0, 0.1) is 0 Å². The molecule has 1 unspecified atom stereocenters. The molecule has 0 bridgehead atoms. The van der Waals surface area contributed by atoms with Crippen LogP contribution in [0.15, 0.2) is 126 Å². The van der Waals surface area contributed by atoms with Crippen LogP contribution in [0.4, 0.5) is 0 Å². The molecule has 0 amide bonds. The van der Waals surface area contributed by atoms with Gasteiger partial charge in [-0.05, 0) is 75.5 Å². The molecule has 6 aromatic rings. The first-order valence-corrected chi connectivity index (χ1v) is 13.8. The van der Waals surface area contributed by atoms with E-state index in [2.05, 4.69) is 114 Å². The molecule has 0 spiro atoms. The van der Waals surface area contributed by atoms with Crippen molar-refractivity contribution < 1.29 is 4.42 Å². The van der Waals surface area contributed by atoms with Gasteiger partial charge < -0.3 is 4.42 Å². The Bertz CT molecular complexity index is 1840. The number of furan rings is 1. The van der Waals surface area contributed by atoms with Crippen LogP contribution < -0.4 is 0 Å². The van der Waals surface area contributed by atoms with Gasteiger partial charge in [0.05, 0.1) is 5.41 Å². The van der Waals surface area contributed by atoms with Crippen molar-refractivity contribution in [1.82, 2.24) is 4.98 Å². The Balaban J connectivity index is 1.42. The van der Waals surface area contributed by atoms with E-state index in [-0.39, 0.29) is 0 Å². The summed E-state index contributed by atoms with van der Waals surface area (Å²) in [7, 11) is 0. The first-order chi connectivity index (χ1) is 19.4. The molecule has 8 rings (SSSR count). The van der Waals surface area contributed by atoms with Gasteiger partial charge in [-0.15, -0.1) is 0 Å². The van der Waals surface area contributed by atoms with Gasteiger partial charge in [-0.3, -0.25) is 4.98 Å². The Hall–Kier alpha value is -4.69. The van der Waals surface area contributed by atoms with Crippen molar-refractivity contribution in [1.29, 1.82) is 0 Å². The molecule has 39 heavy (non-hydrogen) atoms. The van der Waals surface area contributed by atoms with Gasteiger partial charge in [0.15, 0.2) is 0 Å².